The summed E-state index contributed by atoms with van der Waals surface area (Å²) in [5, 5.41) is 8.87. The summed E-state index contributed by atoms with van der Waals surface area (Å²) in [6.07, 6.45) is 3.24. The molecular formula is C20H22N4O3S2. The van der Waals surface area contributed by atoms with Crippen LogP contribution in [0.25, 0.3) is 11.5 Å². The maximum absolute atomic E-state index is 12.6. The fourth-order valence-corrected chi connectivity index (χ4v) is 5.39. The average molecular weight is 431 g/mol. The summed E-state index contributed by atoms with van der Waals surface area (Å²) >= 11 is 1.44. The molecule has 0 aliphatic carbocycles. The first-order valence-electron chi connectivity index (χ1n) is 9.47. The third-order valence-electron chi connectivity index (χ3n) is 4.80. The van der Waals surface area contributed by atoms with E-state index in [9.17, 15) is 8.42 Å². The van der Waals surface area contributed by atoms with Gasteiger partial charge >= 0.3 is 0 Å². The van der Waals surface area contributed by atoms with E-state index in [4.69, 9.17) is 4.42 Å². The Morgan fingerprint density at radius 3 is 2.45 bits per heavy atom. The first-order valence-corrected chi connectivity index (χ1v) is 11.8. The van der Waals surface area contributed by atoms with Crippen molar-refractivity contribution in [3.05, 3.63) is 54.0 Å². The van der Waals surface area contributed by atoms with Gasteiger partial charge in [0.2, 0.25) is 21.8 Å². The topological polar surface area (TPSA) is 89.2 Å². The fraction of sp³-hybridized carbons (Fsp3) is 0.350. The van der Waals surface area contributed by atoms with Gasteiger partial charge < -0.3 is 4.42 Å². The van der Waals surface area contributed by atoms with Gasteiger partial charge in [-0.1, -0.05) is 29.5 Å². The highest BCUT2D eigenvalue weighted by molar-refractivity contribution is 7.99. The van der Waals surface area contributed by atoms with Crippen molar-refractivity contribution in [2.24, 2.45) is 0 Å². The maximum atomic E-state index is 12.6. The van der Waals surface area contributed by atoms with Crippen molar-refractivity contribution in [2.45, 2.75) is 41.9 Å². The number of nitrogens with zero attached hydrogens (tertiary/aromatic N) is 4. The van der Waals surface area contributed by atoms with Crippen LogP contribution in [-0.2, 0) is 10.0 Å². The number of hydrogen-bond acceptors (Lipinski definition) is 7. The molecule has 1 aromatic carbocycles. The Morgan fingerprint density at radius 2 is 1.79 bits per heavy atom. The molecule has 0 N–H and O–H groups in total. The summed E-state index contributed by atoms with van der Waals surface area (Å²) in [7, 11) is -3.45. The zero-order chi connectivity index (χ0) is 20.4. The van der Waals surface area contributed by atoms with Crippen LogP contribution in [0.2, 0.25) is 0 Å². The van der Waals surface area contributed by atoms with Crippen LogP contribution >= 0.6 is 11.8 Å². The molecule has 1 aliphatic heterocycles. The second kappa shape index (κ2) is 8.25. The first-order chi connectivity index (χ1) is 13.9. The lowest BCUT2D eigenvalue weighted by atomic mass is 10.1. The van der Waals surface area contributed by atoms with Crippen LogP contribution in [0.15, 0.2) is 56.9 Å². The van der Waals surface area contributed by atoms with Crippen LogP contribution in [0.4, 0.5) is 0 Å². The zero-order valence-electron chi connectivity index (χ0n) is 16.3. The number of rotatable bonds is 6. The number of sulfonamides is 1. The molecule has 29 heavy (non-hydrogen) atoms. The summed E-state index contributed by atoms with van der Waals surface area (Å²) in [6.45, 7) is 5.14. The Balaban J connectivity index is 1.45. The third kappa shape index (κ3) is 4.36. The lowest BCUT2D eigenvalue weighted by Gasteiger charge is -2.15. The fourth-order valence-electron chi connectivity index (χ4n) is 3.11. The molecule has 1 fully saturated rings. The molecule has 152 valence electrons. The zero-order valence-corrected chi connectivity index (χ0v) is 17.9. The molecule has 3 aromatic rings. The summed E-state index contributed by atoms with van der Waals surface area (Å²) in [5.74, 6) is 0.980. The summed E-state index contributed by atoms with van der Waals surface area (Å²) in [5.41, 5.74) is 2.04. The third-order valence-corrected chi connectivity index (χ3v) is 7.72. The molecule has 1 atom stereocenters. The second-order valence-corrected chi connectivity index (χ2v) is 10.3. The standard InChI is InChI=1S/C20H22N4O3S2/c1-14-5-7-16(8-6-14)20-23-22-19(27-20)15(2)28-18-10-9-17(13-21-18)29(25,26)24-11-3-4-12-24/h5-10,13,15H,3-4,11-12H2,1-2H3. The molecule has 0 radical (unpaired) electrons. The van der Waals surface area contributed by atoms with E-state index in [2.05, 4.69) is 15.2 Å². The van der Waals surface area contributed by atoms with E-state index in [0.717, 1.165) is 18.4 Å². The van der Waals surface area contributed by atoms with Gasteiger partial charge in [0.15, 0.2) is 0 Å². The van der Waals surface area contributed by atoms with Crippen molar-refractivity contribution >= 4 is 21.8 Å². The predicted octanol–water partition coefficient (Wildman–Crippen LogP) is 4.08. The second-order valence-electron chi connectivity index (χ2n) is 7.01. The van der Waals surface area contributed by atoms with E-state index in [1.807, 2.05) is 38.1 Å². The molecule has 1 saturated heterocycles. The van der Waals surface area contributed by atoms with Gasteiger partial charge in [-0.3, -0.25) is 0 Å². The quantitative estimate of drug-likeness (QED) is 0.544. The van der Waals surface area contributed by atoms with Crippen molar-refractivity contribution in [3.63, 3.8) is 0 Å². The molecule has 2 aromatic heterocycles. The SMILES string of the molecule is Cc1ccc(-c2nnc(C(C)Sc3ccc(S(=O)(=O)N4CCCC4)cn3)o2)cc1. The Morgan fingerprint density at radius 1 is 1.07 bits per heavy atom. The highest BCUT2D eigenvalue weighted by atomic mass is 32.2. The van der Waals surface area contributed by atoms with Gasteiger partial charge in [-0.2, -0.15) is 4.31 Å². The number of pyridine rings is 1. The minimum absolute atomic E-state index is 0.116. The highest BCUT2D eigenvalue weighted by Gasteiger charge is 2.27. The van der Waals surface area contributed by atoms with Crippen molar-refractivity contribution in [2.75, 3.05) is 13.1 Å². The maximum Gasteiger partial charge on any atom is 0.247 e. The van der Waals surface area contributed by atoms with Gasteiger partial charge in [0.05, 0.1) is 10.3 Å². The lowest BCUT2D eigenvalue weighted by Crippen LogP contribution is -2.27. The van der Waals surface area contributed by atoms with Crippen molar-refractivity contribution in [1.82, 2.24) is 19.5 Å². The van der Waals surface area contributed by atoms with Gasteiger partial charge in [0.1, 0.15) is 4.90 Å². The highest BCUT2D eigenvalue weighted by Crippen LogP contribution is 2.34. The first kappa shape index (κ1) is 20.1. The number of hydrogen-bond donors (Lipinski definition) is 0. The van der Waals surface area contributed by atoms with E-state index < -0.39 is 10.0 Å². The van der Waals surface area contributed by atoms with Gasteiger partial charge in [-0.05, 0) is 51.0 Å². The molecule has 3 heterocycles. The molecule has 0 bridgehead atoms. The Kier molecular flexibility index (Phi) is 5.71. The van der Waals surface area contributed by atoms with Gasteiger partial charge in [0.25, 0.3) is 0 Å². The van der Waals surface area contributed by atoms with Gasteiger partial charge in [-0.15, -0.1) is 10.2 Å². The summed E-state index contributed by atoms with van der Waals surface area (Å²) < 4.78 is 32.5. The Labute approximate surface area is 174 Å². The number of aryl methyl sites for hydroxylation is 1. The normalized spacial score (nSPS) is 16.2. The minimum Gasteiger partial charge on any atom is -0.419 e. The Bertz CT molecular complexity index is 1070. The van der Waals surface area contributed by atoms with E-state index in [-0.39, 0.29) is 10.1 Å². The van der Waals surface area contributed by atoms with Crippen LogP contribution in [0.3, 0.4) is 0 Å². The van der Waals surface area contributed by atoms with Crippen LogP contribution in [0.5, 0.6) is 0 Å². The largest absolute Gasteiger partial charge is 0.419 e. The average Bonchev–Trinajstić information content (AvgIpc) is 3.42. The smallest absolute Gasteiger partial charge is 0.247 e. The summed E-state index contributed by atoms with van der Waals surface area (Å²) in [6, 6.07) is 11.2. The van der Waals surface area contributed by atoms with Crippen molar-refractivity contribution < 1.29 is 12.8 Å². The van der Waals surface area contributed by atoms with Crippen LogP contribution in [-0.4, -0.2) is 41.0 Å². The minimum atomic E-state index is -3.45. The number of benzene rings is 1. The van der Waals surface area contributed by atoms with E-state index >= 15 is 0 Å². The Hall–Kier alpha value is -2.23. The molecule has 9 heteroatoms. The molecule has 1 unspecified atom stereocenters. The van der Waals surface area contributed by atoms with E-state index in [0.29, 0.717) is 29.9 Å². The van der Waals surface area contributed by atoms with Gasteiger partial charge in [-0.25, -0.2) is 13.4 Å². The molecule has 7 nitrogen and oxygen atoms in total. The molecular weight excluding hydrogens is 408 g/mol. The monoisotopic (exact) mass is 430 g/mol. The van der Waals surface area contributed by atoms with Crippen LogP contribution < -0.4 is 0 Å². The molecule has 0 spiro atoms. The predicted molar refractivity (Wildman–Crippen MR) is 111 cm³/mol. The summed E-state index contributed by atoms with van der Waals surface area (Å²) in [4.78, 5) is 4.56. The van der Waals surface area contributed by atoms with Gasteiger partial charge in [0, 0.05) is 24.8 Å². The van der Waals surface area contributed by atoms with E-state index in [1.165, 1.54) is 27.8 Å². The molecule has 0 amide bonds. The molecule has 0 saturated carbocycles. The van der Waals surface area contributed by atoms with E-state index in [1.54, 1.807) is 12.1 Å². The molecule has 1 aliphatic rings. The number of thioether (sulfide) groups is 1. The van der Waals surface area contributed by atoms with Crippen LogP contribution in [0, 0.1) is 6.92 Å². The molecule has 4 rings (SSSR count). The van der Waals surface area contributed by atoms with Crippen molar-refractivity contribution in [3.8, 4) is 11.5 Å². The van der Waals surface area contributed by atoms with Crippen LogP contribution in [0.1, 0.15) is 36.5 Å². The number of aromatic nitrogens is 3. The lowest BCUT2D eigenvalue weighted by molar-refractivity contribution is 0.477. The van der Waals surface area contributed by atoms with Crippen molar-refractivity contribution in [1.29, 1.82) is 0 Å².